The minimum absolute atomic E-state index is 2.00. The number of hydrogen-bond donors (Lipinski definition) is 0. The fraction of sp³-hybridized carbons (Fsp3) is 0. The van der Waals surface area contributed by atoms with Crippen LogP contribution in [0.3, 0.4) is 0 Å². The van der Waals surface area contributed by atoms with E-state index in [1.165, 1.54) is 0 Å². The van der Waals surface area contributed by atoms with E-state index in [1.807, 2.05) is 15.9 Å². The fourth-order valence-electron chi connectivity index (χ4n) is 0. The molecule has 0 bridgehead atoms. The zero-order valence-corrected chi connectivity index (χ0v) is 5.64. The summed E-state index contributed by atoms with van der Waals surface area (Å²) in [6, 6.07) is 0. The predicted molar refractivity (Wildman–Crippen MR) is 2.06 cm³/mol. The van der Waals surface area contributed by atoms with Crippen molar-refractivity contribution >= 4 is 0 Å². The Bertz CT molecular complexity index is 36.2. The van der Waals surface area contributed by atoms with Crippen LogP contribution in [0.25, 0.3) is 0 Å². The second-order valence-corrected chi connectivity index (χ2v) is 0.493. The summed E-state index contributed by atoms with van der Waals surface area (Å²) in [6.45, 7) is 0. The van der Waals surface area contributed by atoms with Gasteiger partial charge in [-0.15, -0.1) is 0 Å². The van der Waals surface area contributed by atoms with E-state index < -0.39 is 23.2 Å². The van der Waals surface area contributed by atoms with Gasteiger partial charge in [-0.1, -0.05) is 0 Å². The van der Waals surface area contributed by atoms with Crippen LogP contribution in [0.5, 0.6) is 0 Å². The molecule has 0 amide bonds. The first-order valence-electron chi connectivity index (χ1n) is 0.553. The van der Waals surface area contributed by atoms with Crippen molar-refractivity contribution in [2.24, 2.45) is 0 Å². The molecule has 0 aliphatic rings. The molecular formula is FeO3Zr. The van der Waals surface area contributed by atoms with Crippen LogP contribution in [0.1, 0.15) is 0 Å². The molecule has 0 heterocycles. The zero-order valence-electron chi connectivity index (χ0n) is 2.08. The van der Waals surface area contributed by atoms with Gasteiger partial charge < -0.3 is 0 Å². The zero-order chi connectivity index (χ0) is 4.71. The molecule has 0 unspecified atom stereocenters. The molecule has 0 aromatic rings. The van der Waals surface area contributed by atoms with E-state index >= 15 is 0 Å². The molecule has 3 nitrogen and oxygen atoms in total. The first-order chi connectivity index (χ1) is 2.41. The molecule has 0 saturated carbocycles. The Labute approximate surface area is 48.6 Å². The van der Waals surface area contributed by atoms with Gasteiger partial charge in [0.25, 0.3) is 0 Å². The van der Waals surface area contributed by atoms with Crippen LogP contribution < -0.4 is 0 Å². The van der Waals surface area contributed by atoms with Gasteiger partial charge in [-0.3, -0.25) is 0 Å². The summed E-state index contributed by atoms with van der Waals surface area (Å²) < 4.78 is 25.1. The molecule has 0 saturated heterocycles. The van der Waals surface area contributed by atoms with Crippen LogP contribution >= 0.6 is 0 Å². The summed E-state index contributed by atoms with van der Waals surface area (Å²) in [6.07, 6.45) is 0. The third-order valence-corrected chi connectivity index (χ3v) is 0. The SMILES string of the molecule is [O]=[Fe].[O]=[Zr]=[O]. The van der Waals surface area contributed by atoms with E-state index in [4.69, 9.17) is 9.46 Å². The minimum atomic E-state index is -2.27. The average Bonchev–Trinajstić information content (AvgIpc) is 1.46. The average molecular weight is 195 g/mol. The summed E-state index contributed by atoms with van der Waals surface area (Å²) in [5.74, 6) is 0. The topological polar surface area (TPSA) is 51.2 Å². The van der Waals surface area contributed by atoms with Crippen LogP contribution in [0, 0.1) is 0 Å². The van der Waals surface area contributed by atoms with Crippen LogP contribution in [0.15, 0.2) is 0 Å². The van der Waals surface area contributed by atoms with Gasteiger partial charge in [0.2, 0.25) is 0 Å². The predicted octanol–water partition coefficient (Wildman–Crippen LogP) is -0.361. The summed E-state index contributed by atoms with van der Waals surface area (Å²) in [5.41, 5.74) is 0. The fourth-order valence-corrected chi connectivity index (χ4v) is 0. The Morgan fingerprint density at radius 3 is 1.20 bits per heavy atom. The van der Waals surface area contributed by atoms with Gasteiger partial charge in [-0.05, 0) is 0 Å². The Kier molecular flexibility index (Phi) is 39.6. The Hall–Kier alpha value is 0.803. The molecule has 0 aromatic heterocycles. The first-order valence-corrected chi connectivity index (χ1v) is 3.01. The molecule has 0 N–H and O–H groups in total. The number of hydrogen-bond acceptors (Lipinski definition) is 3. The van der Waals surface area contributed by atoms with E-state index in [9.17, 15) is 0 Å². The molecule has 0 aromatic carbocycles. The van der Waals surface area contributed by atoms with Crippen molar-refractivity contribution in [2.45, 2.75) is 0 Å². The number of rotatable bonds is 0. The molecule has 0 fully saturated rings. The molecule has 5 heavy (non-hydrogen) atoms. The van der Waals surface area contributed by atoms with Gasteiger partial charge in [-0.25, -0.2) is 0 Å². The van der Waals surface area contributed by atoms with Crippen molar-refractivity contribution < 1.29 is 48.6 Å². The van der Waals surface area contributed by atoms with E-state index in [1.54, 1.807) is 0 Å². The van der Waals surface area contributed by atoms with Crippen molar-refractivity contribution in [1.29, 1.82) is 0 Å². The van der Waals surface area contributed by atoms with Gasteiger partial charge in [0, 0.05) is 0 Å². The Morgan fingerprint density at radius 1 is 1.20 bits per heavy atom. The quantitative estimate of drug-likeness (QED) is 0.496. The molecular weight excluding hydrogens is 195 g/mol. The monoisotopic (exact) mass is 194 g/mol. The van der Waals surface area contributed by atoms with Crippen molar-refractivity contribution in [1.82, 2.24) is 0 Å². The van der Waals surface area contributed by atoms with Crippen LogP contribution in [-0.2, 0) is 48.6 Å². The summed E-state index contributed by atoms with van der Waals surface area (Å²) in [4.78, 5) is 0. The molecule has 0 atom stereocenters. The Balaban J connectivity index is 0. The van der Waals surface area contributed by atoms with E-state index in [0.29, 0.717) is 0 Å². The molecule has 0 radical (unpaired) electrons. The molecule has 0 rings (SSSR count). The van der Waals surface area contributed by atoms with Gasteiger partial charge in [0.15, 0.2) is 0 Å². The molecule has 30 valence electrons. The maximum absolute atomic E-state index is 8.54. The van der Waals surface area contributed by atoms with Gasteiger partial charge in [0.1, 0.15) is 0 Å². The summed E-state index contributed by atoms with van der Waals surface area (Å²) in [7, 11) is 0. The van der Waals surface area contributed by atoms with Crippen LogP contribution in [-0.4, -0.2) is 0 Å². The van der Waals surface area contributed by atoms with Crippen molar-refractivity contribution in [2.75, 3.05) is 0 Å². The van der Waals surface area contributed by atoms with Crippen molar-refractivity contribution in [3.8, 4) is 0 Å². The van der Waals surface area contributed by atoms with E-state index in [0.717, 1.165) is 0 Å². The van der Waals surface area contributed by atoms with E-state index in [-0.39, 0.29) is 0 Å². The van der Waals surface area contributed by atoms with Crippen LogP contribution in [0.4, 0.5) is 0 Å². The third kappa shape index (κ3) is 58.6. The molecule has 0 spiro atoms. The standard InChI is InChI=1S/Fe.3O.Zr. The maximum atomic E-state index is 8.54. The van der Waals surface area contributed by atoms with Crippen LogP contribution in [0.2, 0.25) is 0 Å². The van der Waals surface area contributed by atoms with Gasteiger partial charge in [-0.2, -0.15) is 0 Å². The molecule has 5 heteroatoms. The Morgan fingerprint density at radius 2 is 1.20 bits per heavy atom. The van der Waals surface area contributed by atoms with Crippen molar-refractivity contribution in [3.63, 3.8) is 0 Å². The normalized spacial score (nSPS) is 2.60. The van der Waals surface area contributed by atoms with Gasteiger partial charge >= 0.3 is 48.6 Å². The van der Waals surface area contributed by atoms with Gasteiger partial charge in [0.05, 0.1) is 0 Å². The summed E-state index contributed by atoms with van der Waals surface area (Å²) >= 11 is -0.270. The third-order valence-electron chi connectivity index (χ3n) is 0. The second kappa shape index (κ2) is 21.4. The van der Waals surface area contributed by atoms with Crippen molar-refractivity contribution in [3.05, 3.63) is 0 Å². The van der Waals surface area contributed by atoms with E-state index in [2.05, 4.69) is 0 Å². The molecule has 0 aliphatic heterocycles. The summed E-state index contributed by atoms with van der Waals surface area (Å²) in [5, 5.41) is 0. The second-order valence-electron chi connectivity index (χ2n) is 0.0833. The first kappa shape index (κ1) is 9.26. The molecule has 0 aliphatic carbocycles.